The molecule has 1 heterocycles. The molecule has 0 aliphatic carbocycles. The van der Waals surface area contributed by atoms with Gasteiger partial charge in [0.2, 0.25) is 0 Å². The molecule has 2 radical (unpaired) electrons. The van der Waals surface area contributed by atoms with Crippen molar-refractivity contribution in [3.8, 4) is 0 Å². The van der Waals surface area contributed by atoms with E-state index in [2.05, 4.69) is 0 Å². The van der Waals surface area contributed by atoms with Crippen molar-refractivity contribution in [1.29, 1.82) is 0 Å². The summed E-state index contributed by atoms with van der Waals surface area (Å²) in [5.74, 6) is 1.96. The summed E-state index contributed by atoms with van der Waals surface area (Å²) < 4.78 is 16.2. The second kappa shape index (κ2) is 9.86. The zero-order chi connectivity index (χ0) is 13.4. The monoisotopic (exact) mass is 310 g/mol. The van der Waals surface area contributed by atoms with E-state index < -0.39 is 8.60 Å². The van der Waals surface area contributed by atoms with Gasteiger partial charge < -0.3 is 18.7 Å². The van der Waals surface area contributed by atoms with Crippen molar-refractivity contribution in [3.05, 3.63) is 0 Å². The van der Waals surface area contributed by atoms with E-state index in [9.17, 15) is 4.89 Å². The van der Waals surface area contributed by atoms with Crippen molar-refractivity contribution in [2.75, 3.05) is 18.1 Å². The summed E-state index contributed by atoms with van der Waals surface area (Å²) in [6.07, 6.45) is 1.76. The highest BCUT2D eigenvalue weighted by Crippen LogP contribution is 2.40. The molecule has 8 heteroatoms. The quantitative estimate of drug-likeness (QED) is 0.422. The molecular weight excluding hydrogens is 290 g/mol. The molecule has 1 aliphatic heterocycles. The lowest BCUT2D eigenvalue weighted by atomic mass is 10.0. The Kier molecular flexibility index (Phi) is 9.36. The van der Waals surface area contributed by atoms with Gasteiger partial charge in [-0.25, -0.2) is 0 Å². The van der Waals surface area contributed by atoms with Crippen LogP contribution in [0.15, 0.2) is 0 Å². The molecule has 0 aromatic carbocycles. The fraction of sp³-hybridized carbons (Fsp3) is 1.00. The maximum atomic E-state index is 9.70. The third kappa shape index (κ3) is 7.58. The van der Waals surface area contributed by atoms with E-state index in [4.69, 9.17) is 21.6 Å². The third-order valence-electron chi connectivity index (χ3n) is 2.33. The van der Waals surface area contributed by atoms with Gasteiger partial charge in [0.05, 0.1) is 18.8 Å². The van der Waals surface area contributed by atoms with Crippen LogP contribution in [0.1, 0.15) is 26.7 Å². The van der Waals surface area contributed by atoms with Crippen molar-refractivity contribution in [2.45, 2.75) is 44.9 Å². The molecule has 1 aliphatic rings. The molecule has 1 fully saturated rings. The summed E-state index contributed by atoms with van der Waals surface area (Å²) in [6.45, 7) is 4.08. The fourth-order valence-corrected chi connectivity index (χ4v) is 4.63. The SMILES string of the molecule is [B]C(C)OC(CC)COP(O)OC1CCSSC1. The van der Waals surface area contributed by atoms with Crippen molar-refractivity contribution in [3.63, 3.8) is 0 Å². The minimum absolute atomic E-state index is 0.0953. The van der Waals surface area contributed by atoms with Gasteiger partial charge in [0, 0.05) is 17.5 Å². The lowest BCUT2D eigenvalue weighted by Gasteiger charge is -2.24. The number of ether oxygens (including phenoxy) is 1. The van der Waals surface area contributed by atoms with Crippen LogP contribution in [0.2, 0.25) is 0 Å². The molecule has 0 amide bonds. The Morgan fingerprint density at radius 2 is 2.28 bits per heavy atom. The third-order valence-corrected chi connectivity index (χ3v) is 5.67. The van der Waals surface area contributed by atoms with Crippen LogP contribution < -0.4 is 0 Å². The highest BCUT2D eigenvalue weighted by atomic mass is 33.1. The van der Waals surface area contributed by atoms with Crippen LogP contribution in [0, 0.1) is 0 Å². The molecule has 1 rings (SSSR count). The molecule has 0 aromatic heterocycles. The molecule has 0 spiro atoms. The van der Waals surface area contributed by atoms with Crippen LogP contribution in [0.5, 0.6) is 0 Å². The first-order chi connectivity index (χ1) is 8.61. The molecule has 1 N–H and O–H groups in total. The van der Waals surface area contributed by atoms with Gasteiger partial charge in [-0.2, -0.15) is 0 Å². The van der Waals surface area contributed by atoms with Crippen molar-refractivity contribution in [1.82, 2.24) is 0 Å². The van der Waals surface area contributed by atoms with Gasteiger partial charge in [0.1, 0.15) is 7.85 Å². The van der Waals surface area contributed by atoms with Gasteiger partial charge in [-0.05, 0) is 19.8 Å². The van der Waals surface area contributed by atoms with E-state index >= 15 is 0 Å². The Balaban J connectivity index is 2.16. The van der Waals surface area contributed by atoms with Gasteiger partial charge >= 0.3 is 8.60 Å². The summed E-state index contributed by atoms with van der Waals surface area (Å²) >= 11 is 0. The van der Waals surface area contributed by atoms with Gasteiger partial charge in [-0.15, -0.1) is 0 Å². The van der Waals surface area contributed by atoms with Crippen molar-refractivity contribution >= 4 is 38.0 Å². The molecule has 4 nitrogen and oxygen atoms in total. The average Bonchev–Trinajstić information content (AvgIpc) is 2.35. The fourth-order valence-electron chi connectivity index (χ4n) is 1.39. The molecule has 0 aromatic rings. The van der Waals surface area contributed by atoms with Crippen LogP contribution in [-0.4, -0.2) is 49.1 Å². The smallest absolute Gasteiger partial charge is 0.330 e. The van der Waals surface area contributed by atoms with Gasteiger partial charge in [-0.1, -0.05) is 28.5 Å². The highest BCUT2D eigenvalue weighted by Gasteiger charge is 2.21. The Bertz CT molecular complexity index is 220. The molecule has 0 bridgehead atoms. The topological polar surface area (TPSA) is 47.9 Å². The summed E-state index contributed by atoms with van der Waals surface area (Å²) in [7, 11) is 7.36. The van der Waals surface area contributed by atoms with E-state index in [-0.39, 0.29) is 18.2 Å². The number of rotatable bonds is 8. The minimum Gasteiger partial charge on any atom is -0.383 e. The Morgan fingerprint density at radius 3 is 2.83 bits per heavy atom. The molecule has 4 unspecified atom stereocenters. The molecule has 4 atom stereocenters. The summed E-state index contributed by atoms with van der Waals surface area (Å²) in [6, 6.07) is -0.323. The van der Waals surface area contributed by atoms with Crippen LogP contribution in [0.3, 0.4) is 0 Å². The standard InChI is InChI=1S/C10H20BO4PS2/c1-3-9(14-8(2)11)6-13-16(12)15-10-4-5-17-18-7-10/h8-10,12H,3-7H2,1-2H3. The highest BCUT2D eigenvalue weighted by molar-refractivity contribution is 8.76. The first-order valence-electron chi connectivity index (χ1n) is 6.06. The molecule has 18 heavy (non-hydrogen) atoms. The van der Waals surface area contributed by atoms with Crippen molar-refractivity contribution < 1.29 is 18.7 Å². The van der Waals surface area contributed by atoms with E-state index in [1.54, 1.807) is 17.7 Å². The second-order valence-corrected chi connectivity index (χ2v) is 7.60. The Morgan fingerprint density at radius 1 is 1.50 bits per heavy atom. The zero-order valence-electron chi connectivity index (χ0n) is 10.8. The summed E-state index contributed by atoms with van der Waals surface area (Å²) in [4.78, 5) is 9.70. The van der Waals surface area contributed by atoms with E-state index in [0.29, 0.717) is 6.61 Å². The van der Waals surface area contributed by atoms with Crippen LogP contribution in [0.4, 0.5) is 0 Å². The minimum atomic E-state index is -1.81. The lowest BCUT2D eigenvalue weighted by molar-refractivity contribution is 0.000739. The van der Waals surface area contributed by atoms with Crippen LogP contribution >= 0.6 is 30.2 Å². The van der Waals surface area contributed by atoms with E-state index in [0.717, 1.165) is 24.3 Å². The van der Waals surface area contributed by atoms with Crippen molar-refractivity contribution in [2.24, 2.45) is 0 Å². The Hall–Kier alpha value is 1.03. The lowest BCUT2D eigenvalue weighted by Crippen LogP contribution is -2.24. The van der Waals surface area contributed by atoms with Gasteiger partial charge in [0.25, 0.3) is 0 Å². The normalized spacial score (nSPS) is 25.6. The molecule has 104 valence electrons. The molecule has 0 saturated carbocycles. The maximum absolute atomic E-state index is 9.70. The van der Waals surface area contributed by atoms with Gasteiger partial charge in [0.15, 0.2) is 0 Å². The van der Waals surface area contributed by atoms with Crippen LogP contribution in [-0.2, 0) is 13.8 Å². The van der Waals surface area contributed by atoms with Gasteiger partial charge in [-0.3, -0.25) is 0 Å². The van der Waals surface area contributed by atoms with E-state index in [1.165, 1.54) is 0 Å². The predicted molar refractivity (Wildman–Crippen MR) is 79.9 cm³/mol. The summed E-state index contributed by atoms with van der Waals surface area (Å²) in [5, 5.41) is 0. The first-order valence-corrected chi connectivity index (χ1v) is 9.67. The largest absolute Gasteiger partial charge is 0.383 e. The first kappa shape index (κ1) is 17.1. The maximum Gasteiger partial charge on any atom is 0.330 e. The van der Waals surface area contributed by atoms with Crippen LogP contribution in [0.25, 0.3) is 0 Å². The predicted octanol–water partition coefficient (Wildman–Crippen LogP) is 2.70. The molecular formula is C10H20BO4PS2. The number of hydrogen-bond donors (Lipinski definition) is 1. The molecule has 1 saturated heterocycles. The zero-order valence-corrected chi connectivity index (χ0v) is 13.3. The average molecular weight is 310 g/mol. The van der Waals surface area contributed by atoms with E-state index in [1.807, 2.05) is 17.7 Å². The second-order valence-electron chi connectivity index (χ2n) is 4.03. The number of hydrogen-bond acceptors (Lipinski definition) is 6. The Labute approximate surface area is 120 Å². The summed E-state index contributed by atoms with van der Waals surface area (Å²) in [5.41, 5.74) is 0.